The highest BCUT2D eigenvalue weighted by molar-refractivity contribution is 7.92. The third-order valence-electron chi connectivity index (χ3n) is 3.84. The molecule has 0 fully saturated rings. The van der Waals surface area contributed by atoms with Gasteiger partial charge in [-0.2, -0.15) is 0 Å². The smallest absolute Gasteiger partial charge is 0.261 e. The molecule has 0 saturated heterocycles. The Morgan fingerprint density at radius 3 is 2.17 bits per heavy atom. The summed E-state index contributed by atoms with van der Waals surface area (Å²) in [6.45, 7) is 0. The lowest BCUT2D eigenvalue weighted by molar-refractivity contribution is 0.102. The number of amides is 1. The van der Waals surface area contributed by atoms with Gasteiger partial charge in [0.2, 0.25) is 0 Å². The Labute approximate surface area is 176 Å². The summed E-state index contributed by atoms with van der Waals surface area (Å²) in [4.78, 5) is 12.4. The van der Waals surface area contributed by atoms with Crippen LogP contribution in [0.5, 0.6) is 0 Å². The van der Waals surface area contributed by atoms with Gasteiger partial charge in [-0.1, -0.05) is 29.3 Å². The molecule has 0 heterocycles. The number of nitrogens with two attached hydrogens (primary N) is 1. The second kappa shape index (κ2) is 8.28. The fourth-order valence-electron chi connectivity index (χ4n) is 2.40. The summed E-state index contributed by atoms with van der Waals surface area (Å²) in [6, 6.07) is 13.1. The lowest BCUT2D eigenvalue weighted by Gasteiger charge is -2.11. The quantitative estimate of drug-likeness (QED) is 0.484. The van der Waals surface area contributed by atoms with Crippen molar-refractivity contribution in [2.75, 3.05) is 15.8 Å². The molecule has 3 aromatic rings. The molecule has 6 nitrogen and oxygen atoms in total. The van der Waals surface area contributed by atoms with Gasteiger partial charge in [-0.05, 0) is 54.6 Å². The van der Waals surface area contributed by atoms with Crippen LogP contribution in [0.3, 0.4) is 0 Å². The van der Waals surface area contributed by atoms with E-state index in [9.17, 15) is 17.6 Å². The Balaban J connectivity index is 1.83. The minimum atomic E-state index is -3.99. The standard InChI is InChI=1S/C19H14Cl2FN3O3S/c20-16-9-14(10-17(21)18(16)23)24-19(26)11-2-1-3-15(8-11)29(27,28)25-13-6-4-12(22)5-7-13/h1-10,25H,23H2,(H,24,26). The summed E-state index contributed by atoms with van der Waals surface area (Å²) in [7, 11) is -3.99. The number of hydrogen-bond donors (Lipinski definition) is 3. The molecule has 0 radical (unpaired) electrons. The minimum absolute atomic E-state index is 0.0936. The Hall–Kier alpha value is -2.81. The third kappa shape index (κ3) is 4.97. The van der Waals surface area contributed by atoms with E-state index in [0.717, 1.165) is 12.1 Å². The van der Waals surface area contributed by atoms with Crippen molar-refractivity contribution >= 4 is 56.2 Å². The van der Waals surface area contributed by atoms with Crippen molar-refractivity contribution in [3.8, 4) is 0 Å². The van der Waals surface area contributed by atoms with E-state index in [4.69, 9.17) is 28.9 Å². The number of benzene rings is 3. The number of hydrogen-bond acceptors (Lipinski definition) is 4. The van der Waals surface area contributed by atoms with Crippen LogP contribution in [-0.2, 0) is 10.0 Å². The number of sulfonamides is 1. The molecule has 0 aliphatic carbocycles. The molecule has 0 bridgehead atoms. The fraction of sp³-hybridized carbons (Fsp3) is 0. The summed E-state index contributed by atoms with van der Waals surface area (Å²) in [5.74, 6) is -1.06. The van der Waals surface area contributed by atoms with Crippen LogP contribution in [0.15, 0.2) is 65.6 Å². The van der Waals surface area contributed by atoms with E-state index in [2.05, 4.69) is 10.0 Å². The molecular weight excluding hydrogens is 440 g/mol. The number of rotatable bonds is 5. The van der Waals surface area contributed by atoms with Crippen LogP contribution < -0.4 is 15.8 Å². The number of anilines is 3. The molecule has 3 rings (SSSR count). The molecule has 0 aliphatic rings. The first-order valence-corrected chi connectivity index (χ1v) is 10.3. The molecule has 0 aliphatic heterocycles. The zero-order valence-corrected chi connectivity index (χ0v) is 16.9. The Kier molecular flexibility index (Phi) is 5.97. The lowest BCUT2D eigenvalue weighted by Crippen LogP contribution is -2.16. The molecule has 1 amide bonds. The van der Waals surface area contributed by atoms with Crippen LogP contribution in [0, 0.1) is 5.82 Å². The van der Waals surface area contributed by atoms with Gasteiger partial charge in [-0.25, -0.2) is 12.8 Å². The van der Waals surface area contributed by atoms with E-state index in [1.54, 1.807) is 0 Å². The first kappa shape index (κ1) is 20.9. The van der Waals surface area contributed by atoms with Crippen molar-refractivity contribution < 1.29 is 17.6 Å². The van der Waals surface area contributed by atoms with Crippen LogP contribution in [0.4, 0.5) is 21.5 Å². The topological polar surface area (TPSA) is 101 Å². The maximum absolute atomic E-state index is 13.0. The maximum Gasteiger partial charge on any atom is 0.261 e. The summed E-state index contributed by atoms with van der Waals surface area (Å²) >= 11 is 11.9. The first-order chi connectivity index (χ1) is 13.7. The van der Waals surface area contributed by atoms with Gasteiger partial charge in [0.1, 0.15) is 5.82 Å². The van der Waals surface area contributed by atoms with E-state index in [-0.39, 0.29) is 31.9 Å². The van der Waals surface area contributed by atoms with Gasteiger partial charge in [0.25, 0.3) is 15.9 Å². The first-order valence-electron chi connectivity index (χ1n) is 8.10. The van der Waals surface area contributed by atoms with Gasteiger partial charge < -0.3 is 11.1 Å². The molecule has 0 saturated carbocycles. The molecule has 4 N–H and O–H groups in total. The molecule has 0 unspecified atom stereocenters. The van der Waals surface area contributed by atoms with Gasteiger partial charge in [0.05, 0.1) is 20.6 Å². The highest BCUT2D eigenvalue weighted by Crippen LogP contribution is 2.31. The summed E-state index contributed by atoms with van der Waals surface area (Å²) < 4.78 is 40.4. The minimum Gasteiger partial charge on any atom is -0.396 e. The highest BCUT2D eigenvalue weighted by atomic mass is 35.5. The highest BCUT2D eigenvalue weighted by Gasteiger charge is 2.17. The summed E-state index contributed by atoms with van der Waals surface area (Å²) in [6.07, 6.45) is 0. The zero-order valence-electron chi connectivity index (χ0n) is 14.6. The van der Waals surface area contributed by atoms with Crippen molar-refractivity contribution in [3.63, 3.8) is 0 Å². The SMILES string of the molecule is Nc1c(Cl)cc(NC(=O)c2cccc(S(=O)(=O)Nc3ccc(F)cc3)c2)cc1Cl. The lowest BCUT2D eigenvalue weighted by atomic mass is 10.2. The van der Waals surface area contributed by atoms with Crippen molar-refractivity contribution in [2.45, 2.75) is 4.90 Å². The van der Waals surface area contributed by atoms with Crippen LogP contribution in [0.1, 0.15) is 10.4 Å². The van der Waals surface area contributed by atoms with Crippen molar-refractivity contribution in [2.24, 2.45) is 0 Å². The van der Waals surface area contributed by atoms with Crippen LogP contribution in [0.2, 0.25) is 10.0 Å². The van der Waals surface area contributed by atoms with Crippen LogP contribution >= 0.6 is 23.2 Å². The van der Waals surface area contributed by atoms with Gasteiger partial charge in [0, 0.05) is 16.9 Å². The molecule has 0 spiro atoms. The monoisotopic (exact) mass is 453 g/mol. The molecule has 0 atom stereocenters. The van der Waals surface area contributed by atoms with E-state index in [0.29, 0.717) is 5.69 Å². The van der Waals surface area contributed by atoms with Gasteiger partial charge in [0.15, 0.2) is 0 Å². The normalized spacial score (nSPS) is 11.1. The van der Waals surface area contributed by atoms with Crippen LogP contribution in [-0.4, -0.2) is 14.3 Å². The van der Waals surface area contributed by atoms with Gasteiger partial charge >= 0.3 is 0 Å². The largest absolute Gasteiger partial charge is 0.396 e. The summed E-state index contributed by atoms with van der Waals surface area (Å²) in [5, 5.41) is 2.93. The van der Waals surface area contributed by atoms with Crippen molar-refractivity contribution in [1.29, 1.82) is 0 Å². The Morgan fingerprint density at radius 1 is 0.931 bits per heavy atom. The van der Waals surface area contributed by atoms with Crippen LogP contribution in [0.25, 0.3) is 0 Å². The number of nitrogen functional groups attached to an aromatic ring is 1. The molecular formula is C19H14Cl2FN3O3S. The number of carbonyl (C=O) groups is 1. The summed E-state index contributed by atoms with van der Waals surface area (Å²) in [5.41, 5.74) is 6.43. The number of nitrogens with one attached hydrogen (secondary N) is 2. The number of halogens is 3. The predicted molar refractivity (Wildman–Crippen MR) is 112 cm³/mol. The molecule has 29 heavy (non-hydrogen) atoms. The van der Waals surface area contributed by atoms with E-state index in [1.165, 1.54) is 48.5 Å². The maximum atomic E-state index is 13.0. The average Bonchev–Trinajstić information content (AvgIpc) is 2.68. The van der Waals surface area contributed by atoms with Crippen molar-refractivity contribution in [3.05, 3.63) is 82.1 Å². The average molecular weight is 454 g/mol. The molecule has 0 aromatic heterocycles. The zero-order chi connectivity index (χ0) is 21.2. The second-order valence-electron chi connectivity index (χ2n) is 5.95. The third-order valence-corrected chi connectivity index (χ3v) is 5.84. The Morgan fingerprint density at radius 2 is 1.55 bits per heavy atom. The predicted octanol–water partition coefficient (Wildman–Crippen LogP) is 4.77. The number of carbonyl (C=O) groups excluding carboxylic acids is 1. The van der Waals surface area contributed by atoms with Gasteiger partial charge in [-0.15, -0.1) is 0 Å². The molecule has 150 valence electrons. The fourth-order valence-corrected chi connectivity index (χ4v) is 3.99. The molecule has 3 aromatic carbocycles. The van der Waals surface area contributed by atoms with Gasteiger partial charge in [-0.3, -0.25) is 9.52 Å². The Bertz CT molecular complexity index is 1160. The van der Waals surface area contributed by atoms with E-state index < -0.39 is 21.7 Å². The van der Waals surface area contributed by atoms with E-state index >= 15 is 0 Å². The second-order valence-corrected chi connectivity index (χ2v) is 8.44. The molecule has 10 heteroatoms. The van der Waals surface area contributed by atoms with E-state index in [1.807, 2.05) is 0 Å². The van der Waals surface area contributed by atoms with Crippen molar-refractivity contribution in [1.82, 2.24) is 0 Å².